The minimum absolute atomic E-state index is 0.499. The van der Waals surface area contributed by atoms with E-state index in [9.17, 15) is 0 Å². The van der Waals surface area contributed by atoms with Crippen molar-refractivity contribution in [2.45, 2.75) is 0 Å². The van der Waals surface area contributed by atoms with Gasteiger partial charge in [0.1, 0.15) is 5.75 Å². The van der Waals surface area contributed by atoms with Crippen LogP contribution in [0, 0.1) is 11.5 Å². The zero-order valence-electron chi connectivity index (χ0n) is 10.1. The molecule has 0 aliphatic heterocycles. The van der Waals surface area contributed by atoms with E-state index < -0.39 is 0 Å². The Bertz CT molecular complexity index is 610. The fraction of sp³-hybridized carbons (Fsp3) is 0. The zero-order valence-corrected chi connectivity index (χ0v) is 10.1. The summed E-state index contributed by atoms with van der Waals surface area (Å²) in [7, 11) is 0. The molecule has 0 aliphatic rings. The Morgan fingerprint density at radius 3 is 2.00 bits per heavy atom. The molecule has 2 aromatic carbocycles. The molecule has 0 unspecified atom stereocenters. The monoisotopic (exact) mass is 249 g/mol. The largest absolute Gasteiger partial charge is 0.388 e. The van der Waals surface area contributed by atoms with Gasteiger partial charge in [-0.05, 0) is 36.4 Å². The van der Waals surface area contributed by atoms with Crippen molar-refractivity contribution in [3.05, 3.63) is 54.6 Å². The smallest absolute Gasteiger partial charge is 0.292 e. The van der Waals surface area contributed by atoms with E-state index in [0.29, 0.717) is 5.75 Å². The molecular weight excluding hydrogens is 238 g/mol. The number of rotatable bonds is 4. The summed E-state index contributed by atoms with van der Waals surface area (Å²) in [5, 5.41) is 8.35. The van der Waals surface area contributed by atoms with Crippen molar-refractivity contribution >= 4 is 23.8 Å². The maximum atomic E-state index is 8.35. The molecule has 0 amide bonds. The molecule has 0 saturated heterocycles. The Morgan fingerprint density at radius 2 is 1.42 bits per heavy atom. The first-order valence-electron chi connectivity index (χ1n) is 5.66. The lowest BCUT2D eigenvalue weighted by atomic mass is 10.3. The molecule has 0 saturated carbocycles. The van der Waals surface area contributed by atoms with Crippen LogP contribution in [0.2, 0.25) is 0 Å². The molecule has 4 nitrogen and oxygen atoms in total. The van der Waals surface area contributed by atoms with E-state index in [-0.39, 0.29) is 0 Å². The summed E-state index contributed by atoms with van der Waals surface area (Å²) in [4.78, 5) is 8.44. The van der Waals surface area contributed by atoms with Gasteiger partial charge in [-0.3, -0.25) is 9.98 Å². The Kier molecular flexibility index (Phi) is 4.43. The van der Waals surface area contributed by atoms with Crippen LogP contribution >= 0.6 is 0 Å². The van der Waals surface area contributed by atoms with Gasteiger partial charge in [-0.1, -0.05) is 18.2 Å². The normalized spacial score (nSPS) is 10.7. The van der Waals surface area contributed by atoms with Gasteiger partial charge in [-0.2, -0.15) is 0 Å². The highest BCUT2D eigenvalue weighted by molar-refractivity contribution is 6.17. The maximum Gasteiger partial charge on any atom is 0.292 e. The lowest BCUT2D eigenvalue weighted by Gasteiger charge is -1.95. The van der Waals surface area contributed by atoms with Crippen molar-refractivity contribution in [2.24, 2.45) is 9.98 Å². The summed E-state index contributed by atoms with van der Waals surface area (Å²) >= 11 is 0. The van der Waals surface area contributed by atoms with E-state index in [1.807, 2.05) is 30.3 Å². The summed E-state index contributed by atoms with van der Waals surface area (Å²) in [5.41, 5.74) is 1.65. The van der Waals surface area contributed by atoms with E-state index in [1.165, 1.54) is 0 Å². The molecule has 0 spiro atoms. The second-order valence-electron chi connectivity index (χ2n) is 3.58. The van der Waals surface area contributed by atoms with Gasteiger partial charge in [0, 0.05) is 12.4 Å². The molecule has 0 N–H and O–H groups in total. The van der Waals surface area contributed by atoms with Gasteiger partial charge in [0.15, 0.2) is 0 Å². The summed E-state index contributed by atoms with van der Waals surface area (Å²) in [6.45, 7) is 0. The van der Waals surface area contributed by atoms with E-state index in [4.69, 9.17) is 5.26 Å². The summed E-state index contributed by atoms with van der Waals surface area (Å²) < 4.78 is 4.67. The lowest BCUT2D eigenvalue weighted by Crippen LogP contribution is -1.80. The molecule has 0 radical (unpaired) electrons. The first-order valence-corrected chi connectivity index (χ1v) is 5.66. The molecule has 4 heteroatoms. The standard InChI is InChI=1S/C15H11N3O/c16-12-19-15-8-6-14(7-9-15)18-11-10-17-13-4-2-1-3-5-13/h1-11H. The van der Waals surface area contributed by atoms with Crippen molar-refractivity contribution in [1.29, 1.82) is 5.26 Å². The Morgan fingerprint density at radius 1 is 0.842 bits per heavy atom. The maximum absolute atomic E-state index is 8.35. The van der Waals surface area contributed by atoms with E-state index in [2.05, 4.69) is 14.7 Å². The number of para-hydroxylation sites is 1. The number of hydrogen-bond donors (Lipinski definition) is 0. The van der Waals surface area contributed by atoms with Crippen LogP contribution in [0.5, 0.6) is 5.75 Å². The topological polar surface area (TPSA) is 57.7 Å². The van der Waals surface area contributed by atoms with Gasteiger partial charge in [0.2, 0.25) is 0 Å². The van der Waals surface area contributed by atoms with Gasteiger partial charge >= 0.3 is 0 Å². The van der Waals surface area contributed by atoms with Gasteiger partial charge in [0.05, 0.1) is 11.4 Å². The molecule has 0 heterocycles. The Hall–Kier alpha value is -2.93. The van der Waals surface area contributed by atoms with Crippen LogP contribution in [-0.2, 0) is 0 Å². The van der Waals surface area contributed by atoms with Crippen LogP contribution in [0.4, 0.5) is 11.4 Å². The van der Waals surface area contributed by atoms with Crippen molar-refractivity contribution < 1.29 is 4.74 Å². The van der Waals surface area contributed by atoms with Crippen LogP contribution < -0.4 is 4.74 Å². The Labute approximate surface area is 111 Å². The van der Waals surface area contributed by atoms with Crippen molar-refractivity contribution in [3.8, 4) is 12.0 Å². The van der Waals surface area contributed by atoms with E-state index >= 15 is 0 Å². The number of nitrogens with zero attached hydrogens (tertiary/aromatic N) is 3. The van der Waals surface area contributed by atoms with Crippen molar-refractivity contribution in [3.63, 3.8) is 0 Å². The molecule has 2 rings (SSSR count). The molecule has 2 aromatic rings. The molecule has 0 bridgehead atoms. The fourth-order valence-electron chi connectivity index (χ4n) is 1.41. The number of ether oxygens (including phenoxy) is 1. The minimum atomic E-state index is 0.499. The summed E-state index contributed by atoms with van der Waals surface area (Å²) in [5.74, 6) is 0.499. The van der Waals surface area contributed by atoms with Crippen LogP contribution in [-0.4, -0.2) is 12.4 Å². The predicted octanol–water partition coefficient (Wildman–Crippen LogP) is 3.65. The lowest BCUT2D eigenvalue weighted by molar-refractivity contribution is 0.507. The Balaban J connectivity index is 1.96. The van der Waals surface area contributed by atoms with Crippen LogP contribution in [0.15, 0.2) is 64.6 Å². The number of benzene rings is 2. The van der Waals surface area contributed by atoms with Crippen LogP contribution in [0.3, 0.4) is 0 Å². The molecule has 19 heavy (non-hydrogen) atoms. The quantitative estimate of drug-likeness (QED) is 0.613. The van der Waals surface area contributed by atoms with Gasteiger partial charge in [-0.15, -0.1) is 5.26 Å². The van der Waals surface area contributed by atoms with Gasteiger partial charge in [-0.25, -0.2) is 0 Å². The number of hydrogen-bond acceptors (Lipinski definition) is 4. The summed E-state index contributed by atoms with van der Waals surface area (Å²) in [6.07, 6.45) is 4.87. The molecule has 0 aromatic heterocycles. The predicted molar refractivity (Wildman–Crippen MR) is 75.4 cm³/mol. The highest BCUT2D eigenvalue weighted by Gasteiger charge is 1.92. The highest BCUT2D eigenvalue weighted by Crippen LogP contribution is 2.17. The average Bonchev–Trinajstić information content (AvgIpc) is 2.47. The minimum Gasteiger partial charge on any atom is -0.388 e. The highest BCUT2D eigenvalue weighted by atomic mass is 16.5. The molecule has 0 aliphatic carbocycles. The zero-order chi connectivity index (χ0) is 13.3. The molecule has 92 valence electrons. The number of nitriles is 1. The molecule has 0 fully saturated rings. The SMILES string of the molecule is N#COc1ccc(N=CC=Nc2ccccc2)cc1. The van der Waals surface area contributed by atoms with Crippen molar-refractivity contribution in [1.82, 2.24) is 0 Å². The molecular formula is C15H11N3O. The van der Waals surface area contributed by atoms with E-state index in [1.54, 1.807) is 42.9 Å². The first-order chi connectivity index (χ1) is 9.38. The van der Waals surface area contributed by atoms with Gasteiger partial charge < -0.3 is 4.74 Å². The van der Waals surface area contributed by atoms with Crippen LogP contribution in [0.1, 0.15) is 0 Å². The average molecular weight is 249 g/mol. The van der Waals surface area contributed by atoms with Gasteiger partial charge in [0.25, 0.3) is 6.26 Å². The third kappa shape index (κ3) is 4.10. The second kappa shape index (κ2) is 6.72. The van der Waals surface area contributed by atoms with Crippen molar-refractivity contribution in [2.75, 3.05) is 0 Å². The number of aliphatic imine (C=N–C) groups is 2. The third-order valence-corrected chi connectivity index (χ3v) is 2.27. The molecule has 0 atom stereocenters. The fourth-order valence-corrected chi connectivity index (χ4v) is 1.41. The summed E-state index contributed by atoms with van der Waals surface area (Å²) in [6, 6.07) is 16.5. The second-order valence-corrected chi connectivity index (χ2v) is 3.58. The van der Waals surface area contributed by atoms with E-state index in [0.717, 1.165) is 11.4 Å². The first kappa shape index (κ1) is 12.5. The van der Waals surface area contributed by atoms with Crippen LogP contribution in [0.25, 0.3) is 0 Å². The third-order valence-electron chi connectivity index (χ3n) is 2.27.